The molecule has 0 saturated heterocycles. The molecule has 0 aliphatic heterocycles. The minimum atomic E-state index is -0.277. The van der Waals surface area contributed by atoms with Crippen LogP contribution in [0.3, 0.4) is 0 Å². The smallest absolute Gasteiger partial charge is 0.321 e. The van der Waals surface area contributed by atoms with E-state index >= 15 is 0 Å². The molecule has 2 aromatic carbocycles. The van der Waals surface area contributed by atoms with Gasteiger partial charge in [-0.3, -0.25) is 5.32 Å². The van der Waals surface area contributed by atoms with Crippen molar-refractivity contribution in [1.29, 1.82) is 0 Å². The molecule has 2 N–H and O–H groups in total. The number of ether oxygens (including phenoxy) is 1. The normalized spacial score (nSPS) is 10.7. The molecular weight excluding hydrogens is 358 g/mol. The summed E-state index contributed by atoms with van der Waals surface area (Å²) in [5.74, 6) is 0.819. The Morgan fingerprint density at radius 3 is 2.68 bits per heavy atom. The van der Waals surface area contributed by atoms with Crippen molar-refractivity contribution in [2.75, 3.05) is 19.0 Å². The van der Waals surface area contributed by atoms with E-state index in [1.54, 1.807) is 7.11 Å². The van der Waals surface area contributed by atoms with Crippen molar-refractivity contribution in [3.63, 3.8) is 0 Å². The number of amides is 2. The molecule has 130 valence electrons. The summed E-state index contributed by atoms with van der Waals surface area (Å²) in [7, 11) is 1.64. The largest absolute Gasteiger partial charge is 0.497 e. The first-order chi connectivity index (χ1) is 12.1. The molecule has 0 atom stereocenters. The lowest BCUT2D eigenvalue weighted by Gasteiger charge is -2.06. The van der Waals surface area contributed by atoms with Crippen molar-refractivity contribution in [2.24, 2.45) is 0 Å². The summed E-state index contributed by atoms with van der Waals surface area (Å²) in [4.78, 5) is 16.5. The SMILES string of the molecule is COc1ccc(CCNC(=O)Nc2nc3c(C)ccc(Cl)c3s2)cc1. The van der Waals surface area contributed by atoms with E-state index in [2.05, 4.69) is 15.6 Å². The Bertz CT molecular complexity index is 854. The van der Waals surface area contributed by atoms with Crippen molar-refractivity contribution >= 4 is 44.3 Å². The zero-order chi connectivity index (χ0) is 17.8. The Kier molecular flexibility index (Phi) is 5.40. The van der Waals surface area contributed by atoms with Crippen LogP contribution in [0.1, 0.15) is 11.1 Å². The number of urea groups is 1. The van der Waals surface area contributed by atoms with Gasteiger partial charge in [0.2, 0.25) is 0 Å². The van der Waals surface area contributed by atoms with E-state index in [9.17, 15) is 4.79 Å². The molecular formula is C18H18ClN3O2S. The fourth-order valence-corrected chi connectivity index (χ4v) is 3.62. The van der Waals surface area contributed by atoms with Gasteiger partial charge in [0.1, 0.15) is 5.75 Å². The summed E-state index contributed by atoms with van der Waals surface area (Å²) in [6.07, 6.45) is 0.738. The molecule has 0 fully saturated rings. The molecule has 25 heavy (non-hydrogen) atoms. The van der Waals surface area contributed by atoms with Crippen LogP contribution in [0.5, 0.6) is 5.75 Å². The number of aryl methyl sites for hydroxylation is 1. The molecule has 0 bridgehead atoms. The zero-order valence-corrected chi connectivity index (χ0v) is 15.5. The lowest BCUT2D eigenvalue weighted by atomic mass is 10.1. The Morgan fingerprint density at radius 1 is 1.24 bits per heavy atom. The van der Waals surface area contributed by atoms with E-state index in [0.717, 1.165) is 33.5 Å². The van der Waals surface area contributed by atoms with Crippen molar-refractivity contribution in [1.82, 2.24) is 10.3 Å². The first kappa shape index (κ1) is 17.5. The Hall–Kier alpha value is -2.31. The van der Waals surface area contributed by atoms with Crippen molar-refractivity contribution < 1.29 is 9.53 Å². The summed E-state index contributed by atoms with van der Waals surface area (Å²) in [5, 5.41) is 6.78. The highest BCUT2D eigenvalue weighted by Crippen LogP contribution is 2.33. The summed E-state index contributed by atoms with van der Waals surface area (Å²) >= 11 is 7.56. The van der Waals surface area contributed by atoms with Crippen molar-refractivity contribution in [2.45, 2.75) is 13.3 Å². The number of anilines is 1. The maximum Gasteiger partial charge on any atom is 0.321 e. The summed E-state index contributed by atoms with van der Waals surface area (Å²) in [6, 6.07) is 11.3. The van der Waals surface area contributed by atoms with Crippen LogP contribution in [0, 0.1) is 6.92 Å². The van der Waals surface area contributed by atoms with Crippen LogP contribution >= 0.6 is 22.9 Å². The van der Waals surface area contributed by atoms with Gasteiger partial charge in [0, 0.05) is 6.54 Å². The third kappa shape index (κ3) is 4.21. The molecule has 0 radical (unpaired) electrons. The van der Waals surface area contributed by atoms with Crippen molar-refractivity contribution in [3.8, 4) is 5.75 Å². The Labute approximate surface area is 155 Å². The molecule has 7 heteroatoms. The minimum Gasteiger partial charge on any atom is -0.497 e. The fourth-order valence-electron chi connectivity index (χ4n) is 2.41. The molecule has 0 aliphatic rings. The van der Waals surface area contributed by atoms with Gasteiger partial charge in [-0.1, -0.05) is 41.1 Å². The number of nitrogens with zero attached hydrogens (tertiary/aromatic N) is 1. The van der Waals surface area contributed by atoms with Gasteiger partial charge in [0.05, 0.1) is 22.3 Å². The molecule has 1 aromatic heterocycles. The minimum absolute atomic E-state index is 0.277. The zero-order valence-electron chi connectivity index (χ0n) is 13.9. The number of carbonyl (C=O) groups excluding carboxylic acids is 1. The molecule has 0 saturated carbocycles. The van der Waals surface area contributed by atoms with E-state index in [4.69, 9.17) is 16.3 Å². The molecule has 0 unspecified atom stereocenters. The van der Waals surface area contributed by atoms with Crippen LogP contribution in [0.15, 0.2) is 36.4 Å². The number of halogens is 1. The number of nitrogens with one attached hydrogen (secondary N) is 2. The van der Waals surface area contributed by atoms with Crippen LogP contribution in [-0.2, 0) is 6.42 Å². The van der Waals surface area contributed by atoms with Gasteiger partial charge in [-0.05, 0) is 42.7 Å². The highest BCUT2D eigenvalue weighted by Gasteiger charge is 2.11. The van der Waals surface area contributed by atoms with Crippen LogP contribution in [-0.4, -0.2) is 24.7 Å². The van der Waals surface area contributed by atoms with Gasteiger partial charge in [-0.2, -0.15) is 0 Å². The number of hydrogen-bond donors (Lipinski definition) is 2. The van der Waals surface area contributed by atoms with Crippen LogP contribution in [0.4, 0.5) is 9.93 Å². The first-order valence-corrected chi connectivity index (χ1v) is 8.99. The van der Waals surface area contributed by atoms with Gasteiger partial charge in [0.25, 0.3) is 0 Å². The lowest BCUT2D eigenvalue weighted by molar-refractivity contribution is 0.252. The predicted molar refractivity (Wildman–Crippen MR) is 103 cm³/mol. The van der Waals surface area contributed by atoms with Gasteiger partial charge in [-0.25, -0.2) is 9.78 Å². The highest BCUT2D eigenvalue weighted by molar-refractivity contribution is 7.23. The quantitative estimate of drug-likeness (QED) is 0.683. The maximum absolute atomic E-state index is 12.0. The first-order valence-electron chi connectivity index (χ1n) is 7.80. The van der Waals surface area contributed by atoms with Gasteiger partial charge >= 0.3 is 6.03 Å². The van der Waals surface area contributed by atoms with Crippen LogP contribution < -0.4 is 15.4 Å². The summed E-state index contributed by atoms with van der Waals surface area (Å²) in [5.41, 5.74) is 2.98. The van der Waals surface area contributed by atoms with Crippen LogP contribution in [0.2, 0.25) is 5.02 Å². The van der Waals surface area contributed by atoms with Gasteiger partial charge < -0.3 is 10.1 Å². The number of hydrogen-bond acceptors (Lipinski definition) is 4. The number of thiazole rings is 1. The monoisotopic (exact) mass is 375 g/mol. The summed E-state index contributed by atoms with van der Waals surface area (Å²) in [6.45, 7) is 2.50. The van der Waals surface area contributed by atoms with E-state index in [1.807, 2.05) is 43.3 Å². The second-order valence-electron chi connectivity index (χ2n) is 5.54. The molecule has 5 nitrogen and oxygen atoms in total. The fraction of sp³-hybridized carbons (Fsp3) is 0.222. The number of rotatable bonds is 5. The van der Waals surface area contributed by atoms with E-state index in [-0.39, 0.29) is 6.03 Å². The Morgan fingerprint density at radius 2 is 2.00 bits per heavy atom. The average molecular weight is 376 g/mol. The van der Waals surface area contributed by atoms with Gasteiger partial charge in [0.15, 0.2) is 5.13 Å². The highest BCUT2D eigenvalue weighted by atomic mass is 35.5. The third-order valence-electron chi connectivity index (χ3n) is 3.78. The van der Waals surface area contributed by atoms with Gasteiger partial charge in [-0.15, -0.1) is 0 Å². The topological polar surface area (TPSA) is 63.2 Å². The molecule has 0 spiro atoms. The van der Waals surface area contributed by atoms with Crippen molar-refractivity contribution in [3.05, 3.63) is 52.5 Å². The number of benzene rings is 2. The number of aromatic nitrogens is 1. The number of methoxy groups -OCH3 is 1. The van der Waals surface area contributed by atoms with E-state index in [0.29, 0.717) is 16.7 Å². The second-order valence-corrected chi connectivity index (χ2v) is 6.95. The van der Waals surface area contributed by atoms with E-state index in [1.165, 1.54) is 11.3 Å². The lowest BCUT2D eigenvalue weighted by Crippen LogP contribution is -2.30. The second kappa shape index (κ2) is 7.72. The third-order valence-corrected chi connectivity index (χ3v) is 5.21. The Balaban J connectivity index is 1.55. The maximum atomic E-state index is 12.0. The standard InChI is InChI=1S/C18H18ClN3O2S/c1-11-3-8-14(19)16-15(11)21-18(25-16)22-17(23)20-10-9-12-4-6-13(24-2)7-5-12/h3-8H,9-10H2,1-2H3,(H2,20,21,22,23). The molecule has 3 aromatic rings. The molecule has 2 amide bonds. The average Bonchev–Trinajstić information content (AvgIpc) is 3.04. The molecule has 1 heterocycles. The number of fused-ring (bicyclic) bond motifs is 1. The summed E-state index contributed by atoms with van der Waals surface area (Å²) < 4.78 is 6.01. The molecule has 0 aliphatic carbocycles. The van der Waals surface area contributed by atoms with Crippen LogP contribution in [0.25, 0.3) is 10.2 Å². The predicted octanol–water partition coefficient (Wildman–Crippen LogP) is 4.63. The number of carbonyl (C=O) groups is 1. The molecule has 3 rings (SSSR count). The van der Waals surface area contributed by atoms with E-state index < -0.39 is 0 Å².